The summed E-state index contributed by atoms with van der Waals surface area (Å²) >= 11 is 7.18. The normalized spacial score (nSPS) is 19.4. The van der Waals surface area contributed by atoms with Crippen LogP contribution < -0.4 is 5.32 Å². The van der Waals surface area contributed by atoms with Gasteiger partial charge in [0.2, 0.25) is 0 Å². The van der Waals surface area contributed by atoms with Crippen LogP contribution in [0.3, 0.4) is 0 Å². The number of hydrogen-bond donors (Lipinski definition) is 1. The van der Waals surface area contributed by atoms with Crippen molar-refractivity contribution in [3.63, 3.8) is 0 Å². The smallest absolute Gasteiger partial charge is 0.0397 e. The van der Waals surface area contributed by atoms with Gasteiger partial charge in [0.15, 0.2) is 0 Å². The van der Waals surface area contributed by atoms with Crippen molar-refractivity contribution in [2.24, 2.45) is 5.41 Å². The van der Waals surface area contributed by atoms with Crippen molar-refractivity contribution < 1.29 is 0 Å². The molecule has 1 aliphatic heterocycles. The summed E-state index contributed by atoms with van der Waals surface area (Å²) in [4.78, 5) is 2.60. The van der Waals surface area contributed by atoms with Gasteiger partial charge in [0.1, 0.15) is 0 Å². The maximum Gasteiger partial charge on any atom is 0.0397 e. The highest BCUT2D eigenvalue weighted by atomic mass is 79.9. The van der Waals surface area contributed by atoms with E-state index >= 15 is 0 Å². The topological polar surface area (TPSA) is 15.3 Å². The van der Waals surface area contributed by atoms with Crippen molar-refractivity contribution in [2.75, 3.05) is 26.2 Å². The van der Waals surface area contributed by atoms with Crippen LogP contribution in [0.15, 0.2) is 27.1 Å². The van der Waals surface area contributed by atoms with Crippen LogP contribution >= 0.6 is 31.9 Å². The minimum absolute atomic E-state index is 0.227. The summed E-state index contributed by atoms with van der Waals surface area (Å²) in [6.07, 6.45) is 0. The molecule has 1 N–H and O–H groups in total. The third-order valence-electron chi connectivity index (χ3n) is 3.60. The van der Waals surface area contributed by atoms with E-state index in [-0.39, 0.29) is 5.41 Å². The van der Waals surface area contributed by atoms with Gasteiger partial charge in [0, 0.05) is 41.2 Å². The van der Waals surface area contributed by atoms with Crippen LogP contribution in [0.25, 0.3) is 0 Å². The first-order chi connectivity index (χ1) is 8.89. The predicted octanol–water partition coefficient (Wildman–Crippen LogP) is 4.20. The third kappa shape index (κ3) is 3.81. The predicted molar refractivity (Wildman–Crippen MR) is 88.5 cm³/mol. The molecule has 0 aliphatic carbocycles. The molecule has 19 heavy (non-hydrogen) atoms. The first-order valence-corrected chi connectivity index (χ1v) is 8.38. The molecule has 106 valence electrons. The van der Waals surface area contributed by atoms with Crippen molar-refractivity contribution in [1.29, 1.82) is 0 Å². The number of halogens is 2. The molecule has 1 heterocycles. The molecule has 0 aromatic heterocycles. The first kappa shape index (κ1) is 15.5. The van der Waals surface area contributed by atoms with Crippen molar-refractivity contribution >= 4 is 31.9 Å². The fourth-order valence-electron chi connectivity index (χ4n) is 2.88. The molecule has 0 bridgehead atoms. The monoisotopic (exact) mass is 388 g/mol. The van der Waals surface area contributed by atoms with E-state index in [2.05, 4.69) is 81.0 Å². The fourth-order valence-corrected chi connectivity index (χ4v) is 3.52. The lowest BCUT2D eigenvalue weighted by Gasteiger charge is -2.42. The van der Waals surface area contributed by atoms with Crippen LogP contribution in [0.1, 0.15) is 32.4 Å². The van der Waals surface area contributed by atoms with Crippen LogP contribution in [-0.4, -0.2) is 31.1 Å². The van der Waals surface area contributed by atoms with Crippen LogP contribution in [-0.2, 0) is 0 Å². The van der Waals surface area contributed by atoms with Crippen LogP contribution in [0.5, 0.6) is 0 Å². The minimum Gasteiger partial charge on any atom is -0.314 e. The molecule has 1 atom stereocenters. The minimum atomic E-state index is 0.227. The van der Waals surface area contributed by atoms with Crippen molar-refractivity contribution in [2.45, 2.75) is 26.8 Å². The zero-order chi connectivity index (χ0) is 14.0. The van der Waals surface area contributed by atoms with E-state index in [1.165, 1.54) is 5.56 Å². The van der Waals surface area contributed by atoms with E-state index in [0.29, 0.717) is 6.04 Å². The molecule has 1 fully saturated rings. The molecule has 1 aromatic rings. The second kappa shape index (κ2) is 6.25. The van der Waals surface area contributed by atoms with Crippen LogP contribution in [0, 0.1) is 5.41 Å². The lowest BCUT2D eigenvalue weighted by molar-refractivity contribution is 0.0862. The molecule has 0 radical (unpaired) electrons. The molecule has 0 amide bonds. The lowest BCUT2D eigenvalue weighted by atomic mass is 9.81. The number of nitrogens with zero attached hydrogens (tertiary/aromatic N) is 1. The summed E-state index contributed by atoms with van der Waals surface area (Å²) in [5, 5.41) is 3.43. The molecule has 1 aliphatic rings. The molecule has 0 saturated carbocycles. The van der Waals surface area contributed by atoms with E-state index in [9.17, 15) is 0 Å². The summed E-state index contributed by atoms with van der Waals surface area (Å²) in [5.74, 6) is 0. The average molecular weight is 390 g/mol. The molecule has 2 rings (SSSR count). The Labute approximate surface area is 133 Å². The fraction of sp³-hybridized carbons (Fsp3) is 0.600. The zero-order valence-electron chi connectivity index (χ0n) is 11.8. The van der Waals surface area contributed by atoms with E-state index in [1.807, 2.05) is 0 Å². The van der Waals surface area contributed by atoms with Crippen molar-refractivity contribution in [3.05, 3.63) is 32.7 Å². The Morgan fingerprint density at radius 2 is 1.74 bits per heavy atom. The third-order valence-corrected chi connectivity index (χ3v) is 5.48. The first-order valence-electron chi connectivity index (χ1n) is 6.79. The maximum absolute atomic E-state index is 3.63. The molecular formula is C15H22Br2N2. The Kier molecular flexibility index (Phi) is 5.09. The summed E-state index contributed by atoms with van der Waals surface area (Å²) < 4.78 is 2.25. The molecule has 1 saturated heterocycles. The maximum atomic E-state index is 3.63. The SMILES string of the molecule is CC(C)(C)[C@H](c1ccc(Br)c(Br)c1)N1CCNCC1. The largest absolute Gasteiger partial charge is 0.314 e. The van der Waals surface area contributed by atoms with Gasteiger partial charge in [-0.25, -0.2) is 0 Å². The molecule has 2 nitrogen and oxygen atoms in total. The summed E-state index contributed by atoms with van der Waals surface area (Å²) in [6, 6.07) is 7.09. The number of hydrogen-bond acceptors (Lipinski definition) is 2. The molecule has 0 spiro atoms. The van der Waals surface area contributed by atoms with Crippen LogP contribution in [0.2, 0.25) is 0 Å². The van der Waals surface area contributed by atoms with Gasteiger partial charge < -0.3 is 5.32 Å². The molecule has 1 aromatic carbocycles. The second-order valence-corrected chi connectivity index (χ2v) is 7.94. The van der Waals surface area contributed by atoms with Gasteiger partial charge in [-0.3, -0.25) is 4.90 Å². The highest BCUT2D eigenvalue weighted by Crippen LogP contribution is 2.39. The highest BCUT2D eigenvalue weighted by Gasteiger charge is 2.32. The Bertz CT molecular complexity index is 434. The average Bonchev–Trinajstić information content (AvgIpc) is 2.34. The highest BCUT2D eigenvalue weighted by molar-refractivity contribution is 9.13. The van der Waals surface area contributed by atoms with Gasteiger partial charge in [-0.05, 0) is 55.0 Å². The van der Waals surface area contributed by atoms with E-state index in [0.717, 1.165) is 35.1 Å². The molecule has 4 heteroatoms. The zero-order valence-corrected chi connectivity index (χ0v) is 15.0. The summed E-state index contributed by atoms with van der Waals surface area (Å²) in [6.45, 7) is 11.4. The van der Waals surface area contributed by atoms with E-state index in [1.54, 1.807) is 0 Å². The number of rotatable bonds is 2. The van der Waals surface area contributed by atoms with Gasteiger partial charge in [0.05, 0.1) is 0 Å². The van der Waals surface area contributed by atoms with Crippen LogP contribution in [0.4, 0.5) is 0 Å². The number of benzene rings is 1. The number of piperazine rings is 1. The van der Waals surface area contributed by atoms with Crippen molar-refractivity contribution in [1.82, 2.24) is 10.2 Å². The Morgan fingerprint density at radius 3 is 2.26 bits per heavy atom. The Hall–Kier alpha value is 0.1000. The number of nitrogens with one attached hydrogen (secondary N) is 1. The standard InChI is InChI=1S/C15H22Br2N2/c1-15(2,3)14(19-8-6-18-7-9-19)11-4-5-12(16)13(17)10-11/h4-5,10,14,18H,6-9H2,1-3H3/t14-/m0/s1. The van der Waals surface area contributed by atoms with Gasteiger partial charge in [-0.15, -0.1) is 0 Å². The summed E-state index contributed by atoms with van der Waals surface area (Å²) in [7, 11) is 0. The molecule has 0 unspecified atom stereocenters. The van der Waals surface area contributed by atoms with Gasteiger partial charge in [-0.1, -0.05) is 26.8 Å². The van der Waals surface area contributed by atoms with E-state index < -0.39 is 0 Å². The second-order valence-electron chi connectivity index (χ2n) is 6.23. The van der Waals surface area contributed by atoms with E-state index in [4.69, 9.17) is 0 Å². The van der Waals surface area contributed by atoms with Gasteiger partial charge in [0.25, 0.3) is 0 Å². The summed E-state index contributed by atoms with van der Waals surface area (Å²) in [5.41, 5.74) is 1.62. The Balaban J connectivity index is 2.33. The molecular weight excluding hydrogens is 368 g/mol. The van der Waals surface area contributed by atoms with Gasteiger partial charge in [-0.2, -0.15) is 0 Å². The lowest BCUT2D eigenvalue weighted by Crippen LogP contribution is -2.48. The van der Waals surface area contributed by atoms with Crippen molar-refractivity contribution in [3.8, 4) is 0 Å². The van der Waals surface area contributed by atoms with Gasteiger partial charge >= 0.3 is 0 Å². The quantitative estimate of drug-likeness (QED) is 0.815. The Morgan fingerprint density at radius 1 is 1.11 bits per heavy atom.